The fourth-order valence-electron chi connectivity index (χ4n) is 1.02. The first-order valence-electron chi connectivity index (χ1n) is 4.70. The summed E-state index contributed by atoms with van der Waals surface area (Å²) in [5, 5.41) is 0.0721. The summed E-state index contributed by atoms with van der Waals surface area (Å²) in [6.07, 6.45) is 5.40. The standard InChI is InChI=1S/C11H11F2NOS/c1-8(15)16-5-3-2-4-9-6-10(12)11(13)14-7-9/h2,4,6-7H,3,5H2,1H3. The average molecular weight is 243 g/mol. The number of allylic oxidation sites excluding steroid dienone is 1. The molecular formula is C11H11F2NOS. The lowest BCUT2D eigenvalue weighted by Crippen LogP contribution is -1.89. The molecule has 2 nitrogen and oxygen atoms in total. The Hall–Kier alpha value is -1.23. The molecule has 1 rings (SSSR count). The highest BCUT2D eigenvalue weighted by Crippen LogP contribution is 2.09. The maximum atomic E-state index is 12.7. The van der Waals surface area contributed by atoms with Crippen LogP contribution in [0.25, 0.3) is 6.08 Å². The summed E-state index contributed by atoms with van der Waals surface area (Å²) in [6, 6.07) is 1.08. The van der Waals surface area contributed by atoms with Crippen molar-refractivity contribution in [3.63, 3.8) is 0 Å². The van der Waals surface area contributed by atoms with Crippen molar-refractivity contribution in [2.45, 2.75) is 13.3 Å². The van der Waals surface area contributed by atoms with Gasteiger partial charge < -0.3 is 0 Å². The zero-order chi connectivity index (χ0) is 12.0. The highest BCUT2D eigenvalue weighted by Gasteiger charge is 2.01. The van der Waals surface area contributed by atoms with E-state index in [1.807, 2.05) is 0 Å². The van der Waals surface area contributed by atoms with E-state index in [0.29, 0.717) is 17.7 Å². The smallest absolute Gasteiger partial charge is 0.248 e. The Morgan fingerprint density at radius 2 is 2.31 bits per heavy atom. The highest BCUT2D eigenvalue weighted by molar-refractivity contribution is 8.13. The first-order chi connectivity index (χ1) is 7.59. The maximum absolute atomic E-state index is 12.7. The van der Waals surface area contributed by atoms with Gasteiger partial charge in [0.05, 0.1) is 0 Å². The van der Waals surface area contributed by atoms with Crippen molar-refractivity contribution in [2.75, 3.05) is 5.75 Å². The lowest BCUT2D eigenvalue weighted by atomic mass is 10.2. The van der Waals surface area contributed by atoms with Crippen LogP contribution in [-0.2, 0) is 4.79 Å². The van der Waals surface area contributed by atoms with Crippen LogP contribution < -0.4 is 0 Å². The molecule has 1 heterocycles. The summed E-state index contributed by atoms with van der Waals surface area (Å²) in [7, 11) is 0. The van der Waals surface area contributed by atoms with E-state index in [0.717, 1.165) is 6.07 Å². The largest absolute Gasteiger partial charge is 0.288 e. The van der Waals surface area contributed by atoms with Crippen molar-refractivity contribution in [3.05, 3.63) is 35.7 Å². The number of carbonyl (C=O) groups excluding carboxylic acids is 1. The van der Waals surface area contributed by atoms with Gasteiger partial charge in [0.15, 0.2) is 10.9 Å². The number of pyridine rings is 1. The van der Waals surface area contributed by atoms with Crippen molar-refractivity contribution < 1.29 is 13.6 Å². The summed E-state index contributed by atoms with van der Waals surface area (Å²) in [6.45, 7) is 1.51. The summed E-state index contributed by atoms with van der Waals surface area (Å²) in [4.78, 5) is 13.9. The van der Waals surface area contributed by atoms with E-state index < -0.39 is 11.8 Å². The van der Waals surface area contributed by atoms with Crippen molar-refractivity contribution in [2.24, 2.45) is 0 Å². The molecule has 0 bridgehead atoms. The molecule has 0 amide bonds. The molecule has 0 spiro atoms. The van der Waals surface area contributed by atoms with Gasteiger partial charge in [-0.2, -0.15) is 4.39 Å². The summed E-state index contributed by atoms with van der Waals surface area (Å²) in [5.74, 6) is -1.37. The Morgan fingerprint density at radius 3 is 2.94 bits per heavy atom. The molecule has 1 aromatic heterocycles. The second-order valence-corrected chi connectivity index (χ2v) is 4.34. The molecule has 0 radical (unpaired) electrons. The van der Waals surface area contributed by atoms with Gasteiger partial charge in [-0.1, -0.05) is 23.9 Å². The highest BCUT2D eigenvalue weighted by atomic mass is 32.2. The van der Waals surface area contributed by atoms with E-state index in [1.54, 1.807) is 12.2 Å². The Kier molecular flexibility index (Phi) is 5.11. The van der Waals surface area contributed by atoms with Crippen LogP contribution in [0.2, 0.25) is 0 Å². The monoisotopic (exact) mass is 243 g/mol. The molecule has 1 aromatic rings. The van der Waals surface area contributed by atoms with Gasteiger partial charge in [-0.15, -0.1) is 0 Å². The molecule has 5 heteroatoms. The van der Waals surface area contributed by atoms with Gasteiger partial charge in [0.25, 0.3) is 0 Å². The van der Waals surface area contributed by atoms with E-state index in [4.69, 9.17) is 0 Å². The van der Waals surface area contributed by atoms with E-state index in [2.05, 4.69) is 4.98 Å². The van der Waals surface area contributed by atoms with Gasteiger partial charge in [-0.3, -0.25) is 4.79 Å². The Labute approximate surface area is 96.8 Å². The van der Waals surface area contributed by atoms with E-state index in [-0.39, 0.29) is 5.12 Å². The minimum atomic E-state index is -1.09. The minimum absolute atomic E-state index is 0.0721. The molecule has 0 aromatic carbocycles. The van der Waals surface area contributed by atoms with Gasteiger partial charge in [0.2, 0.25) is 5.95 Å². The zero-order valence-corrected chi connectivity index (χ0v) is 9.56. The molecule has 0 N–H and O–H groups in total. The van der Waals surface area contributed by atoms with Crippen molar-refractivity contribution >= 4 is 23.0 Å². The molecule has 0 saturated carbocycles. The maximum Gasteiger partial charge on any atom is 0.248 e. The van der Waals surface area contributed by atoms with E-state index in [9.17, 15) is 13.6 Å². The van der Waals surface area contributed by atoms with Gasteiger partial charge in [-0.25, -0.2) is 9.37 Å². The van der Waals surface area contributed by atoms with Crippen LogP contribution in [0.3, 0.4) is 0 Å². The van der Waals surface area contributed by atoms with E-state index >= 15 is 0 Å². The normalized spacial score (nSPS) is 10.9. The summed E-state index contributed by atoms with van der Waals surface area (Å²) >= 11 is 1.23. The number of rotatable bonds is 4. The van der Waals surface area contributed by atoms with Crippen molar-refractivity contribution in [1.29, 1.82) is 0 Å². The van der Waals surface area contributed by atoms with Crippen LogP contribution >= 0.6 is 11.8 Å². The van der Waals surface area contributed by atoms with Crippen LogP contribution in [-0.4, -0.2) is 15.9 Å². The van der Waals surface area contributed by atoms with E-state index in [1.165, 1.54) is 24.9 Å². The summed E-state index contributed by atoms with van der Waals surface area (Å²) < 4.78 is 25.2. The first-order valence-corrected chi connectivity index (χ1v) is 5.69. The fourth-order valence-corrected chi connectivity index (χ4v) is 1.56. The topological polar surface area (TPSA) is 30.0 Å². The Balaban J connectivity index is 2.44. The number of hydrogen-bond acceptors (Lipinski definition) is 3. The predicted octanol–water partition coefficient (Wildman–Crippen LogP) is 3.04. The molecule has 0 aliphatic rings. The van der Waals surface area contributed by atoms with Crippen LogP contribution in [0.5, 0.6) is 0 Å². The SMILES string of the molecule is CC(=O)SCCC=Cc1cnc(F)c(F)c1. The molecule has 86 valence electrons. The number of aromatic nitrogens is 1. The molecular weight excluding hydrogens is 232 g/mol. The molecule has 16 heavy (non-hydrogen) atoms. The third-order valence-electron chi connectivity index (χ3n) is 1.72. The minimum Gasteiger partial charge on any atom is -0.288 e. The molecule has 0 aliphatic heterocycles. The lowest BCUT2D eigenvalue weighted by Gasteiger charge is -1.95. The van der Waals surface area contributed by atoms with Gasteiger partial charge in [0, 0.05) is 18.9 Å². The van der Waals surface area contributed by atoms with Crippen molar-refractivity contribution in [3.8, 4) is 0 Å². The zero-order valence-electron chi connectivity index (χ0n) is 8.74. The van der Waals surface area contributed by atoms with Gasteiger partial charge >= 0.3 is 0 Å². The number of nitrogens with zero attached hydrogens (tertiary/aromatic N) is 1. The predicted molar refractivity (Wildman–Crippen MR) is 60.9 cm³/mol. The average Bonchev–Trinajstić information content (AvgIpc) is 2.22. The summed E-state index contributed by atoms with van der Waals surface area (Å²) in [5.41, 5.74) is 0.506. The molecule has 0 saturated heterocycles. The van der Waals surface area contributed by atoms with Crippen LogP contribution in [0, 0.1) is 11.8 Å². The van der Waals surface area contributed by atoms with Gasteiger partial charge in [0.1, 0.15) is 0 Å². The molecule has 0 atom stereocenters. The van der Waals surface area contributed by atoms with Crippen molar-refractivity contribution in [1.82, 2.24) is 4.98 Å². The molecule has 0 fully saturated rings. The van der Waals surface area contributed by atoms with Crippen LogP contribution in [0.4, 0.5) is 8.78 Å². The number of thioether (sulfide) groups is 1. The molecule has 0 aliphatic carbocycles. The fraction of sp³-hybridized carbons (Fsp3) is 0.273. The number of hydrogen-bond donors (Lipinski definition) is 0. The van der Waals surface area contributed by atoms with Gasteiger partial charge in [-0.05, 0) is 18.1 Å². The second kappa shape index (κ2) is 6.37. The van der Waals surface area contributed by atoms with Crippen LogP contribution in [0.15, 0.2) is 18.3 Å². The third kappa shape index (κ3) is 4.53. The molecule has 0 unspecified atom stereocenters. The quantitative estimate of drug-likeness (QED) is 0.601. The second-order valence-electron chi connectivity index (χ2n) is 3.07. The first kappa shape index (κ1) is 12.8. The number of halogens is 2. The lowest BCUT2D eigenvalue weighted by molar-refractivity contribution is -0.109. The Bertz CT molecular complexity index is 407. The van der Waals surface area contributed by atoms with Crippen LogP contribution in [0.1, 0.15) is 18.9 Å². The number of carbonyl (C=O) groups is 1. The third-order valence-corrected chi connectivity index (χ3v) is 2.56. The Morgan fingerprint density at radius 1 is 1.56 bits per heavy atom.